The Labute approximate surface area is 152 Å². The van der Waals surface area contributed by atoms with Gasteiger partial charge in [0.05, 0.1) is 6.16 Å². The van der Waals surface area contributed by atoms with E-state index in [1.54, 1.807) is 42.5 Å². The Hall–Kier alpha value is -3.20. The fourth-order valence-corrected chi connectivity index (χ4v) is 3.09. The van der Waals surface area contributed by atoms with Crippen molar-refractivity contribution in [3.05, 3.63) is 76.3 Å². The third kappa shape index (κ3) is 4.91. The summed E-state index contributed by atoms with van der Waals surface area (Å²) in [4.78, 5) is 40.3. The quantitative estimate of drug-likeness (QED) is 0.423. The number of aromatic nitrogens is 4. The molecule has 1 aromatic carbocycles. The van der Waals surface area contributed by atoms with E-state index in [0.717, 1.165) is 6.20 Å². The third-order valence-corrected chi connectivity index (χ3v) is 4.51. The molecule has 0 saturated heterocycles. The minimum absolute atomic E-state index is 0.127. The van der Waals surface area contributed by atoms with Crippen LogP contribution in [0.1, 0.15) is 15.9 Å². The Morgan fingerprint density at radius 2 is 2.00 bits per heavy atom. The lowest BCUT2D eigenvalue weighted by Crippen LogP contribution is -2.29. The molecule has 0 saturated carbocycles. The molecule has 0 aliphatic rings. The van der Waals surface area contributed by atoms with E-state index in [2.05, 4.69) is 24.8 Å². The van der Waals surface area contributed by atoms with Gasteiger partial charge in [0.25, 0.3) is 11.5 Å². The van der Waals surface area contributed by atoms with Crippen molar-refractivity contribution >= 4 is 13.5 Å². The summed E-state index contributed by atoms with van der Waals surface area (Å²) in [7, 11) is -4.14. The number of H-pyrrole nitrogens is 1. The molecule has 0 aliphatic carbocycles. The second kappa shape index (κ2) is 8.00. The van der Waals surface area contributed by atoms with Gasteiger partial charge in [-0.05, 0) is 17.7 Å². The van der Waals surface area contributed by atoms with Crippen LogP contribution in [0, 0.1) is 0 Å². The van der Waals surface area contributed by atoms with Crippen LogP contribution in [0.25, 0.3) is 11.5 Å². The lowest BCUT2D eigenvalue weighted by molar-refractivity contribution is 0.0727. The Kier molecular flexibility index (Phi) is 5.51. The minimum Gasteiger partial charge on any atom is -0.323 e. The fourth-order valence-electron chi connectivity index (χ4n) is 2.13. The number of aromatic amines is 1. The van der Waals surface area contributed by atoms with Gasteiger partial charge in [-0.3, -0.25) is 14.2 Å². The van der Waals surface area contributed by atoms with Crippen LogP contribution in [-0.2, 0) is 15.4 Å². The standard InChI is InChI=1S/C16H14N5O5P/c22-15-12(9-17-14(19-15)13-7-4-8-18-20-13)16(23)21-26-27(24,25)10-11-5-2-1-3-6-11/h1-9H,10H2,(H,21,23)(H,24,25)(H,17,19,22). The van der Waals surface area contributed by atoms with Gasteiger partial charge in [-0.2, -0.15) is 9.72 Å². The maximum atomic E-state index is 12.1. The van der Waals surface area contributed by atoms with Gasteiger partial charge in [-0.1, -0.05) is 30.3 Å². The molecule has 0 fully saturated rings. The summed E-state index contributed by atoms with van der Waals surface area (Å²) >= 11 is 0. The van der Waals surface area contributed by atoms with Crippen LogP contribution in [0.5, 0.6) is 0 Å². The molecule has 2 aromatic heterocycles. The lowest BCUT2D eigenvalue weighted by atomic mass is 10.2. The minimum atomic E-state index is -4.14. The van der Waals surface area contributed by atoms with Crippen LogP contribution >= 0.6 is 7.60 Å². The second-order valence-electron chi connectivity index (χ2n) is 5.39. The number of rotatable bonds is 6. The molecule has 1 amide bonds. The number of nitrogens with one attached hydrogen (secondary N) is 2. The SMILES string of the molecule is O=C(NOP(=O)(O)Cc1ccccc1)c1cnc(-c2cccnn2)[nH]c1=O. The summed E-state index contributed by atoms with van der Waals surface area (Å²) in [6, 6.07) is 11.7. The molecule has 11 heteroatoms. The molecule has 10 nitrogen and oxygen atoms in total. The van der Waals surface area contributed by atoms with Crippen molar-refractivity contribution in [2.45, 2.75) is 6.16 Å². The van der Waals surface area contributed by atoms with Crippen molar-refractivity contribution in [3.8, 4) is 11.5 Å². The zero-order valence-electron chi connectivity index (χ0n) is 13.8. The highest BCUT2D eigenvalue weighted by Crippen LogP contribution is 2.44. The topological polar surface area (TPSA) is 147 Å². The highest BCUT2D eigenvalue weighted by Gasteiger charge is 2.23. The summed E-state index contributed by atoms with van der Waals surface area (Å²) in [5.74, 6) is -0.876. The summed E-state index contributed by atoms with van der Waals surface area (Å²) < 4.78 is 16.7. The summed E-state index contributed by atoms with van der Waals surface area (Å²) in [5, 5.41) is 7.46. The monoisotopic (exact) mass is 387 g/mol. The summed E-state index contributed by atoms with van der Waals surface area (Å²) in [6.45, 7) is 0. The van der Waals surface area contributed by atoms with Crippen molar-refractivity contribution < 1.29 is 18.9 Å². The van der Waals surface area contributed by atoms with Crippen molar-refractivity contribution in [2.75, 3.05) is 0 Å². The molecule has 2 heterocycles. The van der Waals surface area contributed by atoms with E-state index in [0.29, 0.717) is 11.3 Å². The molecule has 1 unspecified atom stereocenters. The molecule has 27 heavy (non-hydrogen) atoms. The van der Waals surface area contributed by atoms with Gasteiger partial charge in [-0.25, -0.2) is 10.5 Å². The van der Waals surface area contributed by atoms with E-state index in [1.165, 1.54) is 6.20 Å². The summed E-state index contributed by atoms with van der Waals surface area (Å²) in [6.07, 6.45) is 2.18. The molecule has 0 radical (unpaired) electrons. The van der Waals surface area contributed by atoms with Gasteiger partial charge in [0.15, 0.2) is 5.82 Å². The number of amides is 1. The average molecular weight is 387 g/mol. The number of carbonyl (C=O) groups excluding carboxylic acids is 1. The number of nitrogens with zero attached hydrogens (tertiary/aromatic N) is 3. The predicted octanol–water partition coefficient (Wildman–Crippen LogP) is 1.27. The highest BCUT2D eigenvalue weighted by molar-refractivity contribution is 7.51. The van der Waals surface area contributed by atoms with Crippen molar-refractivity contribution in [3.63, 3.8) is 0 Å². The summed E-state index contributed by atoms with van der Waals surface area (Å²) in [5.41, 5.74) is 1.55. The fraction of sp³-hybridized carbons (Fsp3) is 0.0625. The zero-order valence-corrected chi connectivity index (χ0v) is 14.7. The van der Waals surface area contributed by atoms with Crippen LogP contribution in [0.3, 0.4) is 0 Å². The van der Waals surface area contributed by atoms with Crippen LogP contribution < -0.4 is 11.0 Å². The smallest absolute Gasteiger partial charge is 0.323 e. The Morgan fingerprint density at radius 3 is 2.67 bits per heavy atom. The normalized spacial score (nSPS) is 12.9. The third-order valence-electron chi connectivity index (χ3n) is 3.37. The number of hydroxylamine groups is 1. The largest absolute Gasteiger partial charge is 0.353 e. The Bertz CT molecular complexity index is 1040. The zero-order chi connectivity index (χ0) is 19.3. The van der Waals surface area contributed by atoms with Crippen molar-refractivity contribution in [1.82, 2.24) is 25.6 Å². The van der Waals surface area contributed by atoms with Gasteiger partial charge in [0, 0.05) is 12.4 Å². The first-order valence-electron chi connectivity index (χ1n) is 7.67. The first-order valence-corrected chi connectivity index (χ1v) is 9.43. The van der Waals surface area contributed by atoms with E-state index >= 15 is 0 Å². The van der Waals surface area contributed by atoms with E-state index in [-0.39, 0.29) is 17.5 Å². The van der Waals surface area contributed by atoms with Gasteiger partial charge in [0.1, 0.15) is 11.3 Å². The van der Waals surface area contributed by atoms with Gasteiger partial charge >= 0.3 is 7.60 Å². The van der Waals surface area contributed by atoms with Crippen LogP contribution in [-0.4, -0.2) is 31.0 Å². The number of carbonyl (C=O) groups is 1. The Balaban J connectivity index is 1.67. The molecule has 138 valence electrons. The van der Waals surface area contributed by atoms with Crippen LogP contribution in [0.2, 0.25) is 0 Å². The highest BCUT2D eigenvalue weighted by atomic mass is 31.2. The van der Waals surface area contributed by atoms with Crippen molar-refractivity contribution in [2.24, 2.45) is 0 Å². The molecule has 3 rings (SSSR count). The molecular formula is C16H14N5O5P. The van der Waals surface area contributed by atoms with Gasteiger partial charge in [-0.15, -0.1) is 5.10 Å². The predicted molar refractivity (Wildman–Crippen MR) is 94.4 cm³/mol. The maximum Gasteiger partial charge on any atom is 0.353 e. The number of hydrogen-bond acceptors (Lipinski definition) is 7. The van der Waals surface area contributed by atoms with E-state index in [4.69, 9.17) is 0 Å². The van der Waals surface area contributed by atoms with Crippen LogP contribution in [0.15, 0.2) is 59.7 Å². The first-order chi connectivity index (χ1) is 12.9. The van der Waals surface area contributed by atoms with Crippen molar-refractivity contribution in [1.29, 1.82) is 0 Å². The molecule has 3 N–H and O–H groups in total. The number of benzene rings is 1. The average Bonchev–Trinajstić information content (AvgIpc) is 2.67. The molecule has 1 atom stereocenters. The van der Waals surface area contributed by atoms with E-state index in [9.17, 15) is 19.0 Å². The maximum absolute atomic E-state index is 12.1. The van der Waals surface area contributed by atoms with E-state index in [1.807, 2.05) is 5.48 Å². The second-order valence-corrected chi connectivity index (χ2v) is 7.16. The van der Waals surface area contributed by atoms with Crippen LogP contribution in [0.4, 0.5) is 0 Å². The first kappa shape index (κ1) is 18.6. The molecule has 3 aromatic rings. The van der Waals surface area contributed by atoms with Gasteiger partial charge in [0.2, 0.25) is 0 Å². The van der Waals surface area contributed by atoms with E-state index < -0.39 is 19.1 Å². The lowest BCUT2D eigenvalue weighted by Gasteiger charge is -2.12. The molecule has 0 spiro atoms. The number of hydrogen-bond donors (Lipinski definition) is 3. The Morgan fingerprint density at radius 1 is 1.22 bits per heavy atom. The molecule has 0 aliphatic heterocycles. The molecule has 0 bridgehead atoms. The molecular weight excluding hydrogens is 373 g/mol. The van der Waals surface area contributed by atoms with Gasteiger partial charge < -0.3 is 9.88 Å².